The van der Waals surface area contributed by atoms with Crippen LogP contribution in [0.3, 0.4) is 0 Å². The van der Waals surface area contributed by atoms with Gasteiger partial charge < -0.3 is 10.1 Å². The Morgan fingerprint density at radius 1 is 1.14 bits per heavy atom. The van der Waals surface area contributed by atoms with Gasteiger partial charge in [0.15, 0.2) is 5.57 Å². The van der Waals surface area contributed by atoms with Gasteiger partial charge in [-0.2, -0.15) is 33.3 Å². The van der Waals surface area contributed by atoms with E-state index in [0.717, 1.165) is 12.1 Å². The number of benzene rings is 1. The minimum absolute atomic E-state index is 0.00196. The Hall–Kier alpha value is -3.25. The summed E-state index contributed by atoms with van der Waals surface area (Å²) in [5, 5.41) is 28.5. The van der Waals surface area contributed by atoms with Gasteiger partial charge in [0, 0.05) is 11.8 Å². The number of anilines is 1. The van der Waals surface area contributed by atoms with Crippen LogP contribution in [0, 0.1) is 34.0 Å². The Labute approximate surface area is 122 Å². The predicted molar refractivity (Wildman–Crippen MR) is 65.5 cm³/mol. The first-order chi connectivity index (χ1) is 10.3. The summed E-state index contributed by atoms with van der Waals surface area (Å²) in [7, 11) is 0. The lowest BCUT2D eigenvalue weighted by molar-refractivity contribution is -0.253. The molecule has 0 aliphatic heterocycles. The van der Waals surface area contributed by atoms with Crippen LogP contribution in [0.2, 0.25) is 0 Å². The maximum Gasteiger partial charge on any atom is 0.461 e. The van der Waals surface area contributed by atoms with Gasteiger partial charge >= 0.3 is 12.5 Å². The lowest BCUT2D eigenvalue weighted by Gasteiger charge is -2.17. The molecule has 0 bridgehead atoms. The van der Waals surface area contributed by atoms with Crippen molar-refractivity contribution in [3.63, 3.8) is 0 Å². The molecule has 0 spiro atoms. The van der Waals surface area contributed by atoms with Crippen LogP contribution in [0.1, 0.15) is 0 Å². The van der Waals surface area contributed by atoms with Crippen LogP contribution in [0.4, 0.5) is 23.2 Å². The molecule has 1 aromatic rings. The molecule has 0 atom stereocenters. The van der Waals surface area contributed by atoms with E-state index in [0.29, 0.717) is 0 Å². The minimum Gasteiger partial charge on any atom is -0.428 e. The van der Waals surface area contributed by atoms with E-state index >= 15 is 0 Å². The highest BCUT2D eigenvalue weighted by Gasteiger charge is 2.43. The number of hydrogen-bond acceptors (Lipinski definition) is 5. The Kier molecular flexibility index (Phi) is 5.32. The number of alkyl halides is 4. The summed E-state index contributed by atoms with van der Waals surface area (Å²) in [6.45, 7) is 0. The lowest BCUT2D eigenvalue weighted by Crippen LogP contribution is -2.33. The zero-order chi connectivity index (χ0) is 16.8. The fourth-order valence-corrected chi connectivity index (χ4v) is 1.27. The molecule has 9 heteroatoms. The van der Waals surface area contributed by atoms with E-state index in [1.807, 2.05) is 0 Å². The zero-order valence-corrected chi connectivity index (χ0v) is 10.6. The fourth-order valence-electron chi connectivity index (χ4n) is 1.27. The van der Waals surface area contributed by atoms with Crippen LogP contribution in [-0.2, 0) is 0 Å². The van der Waals surface area contributed by atoms with E-state index < -0.39 is 29.6 Å². The molecule has 0 radical (unpaired) electrons. The Bertz CT molecular complexity index is 694. The summed E-state index contributed by atoms with van der Waals surface area (Å²) in [5.74, 6) is -0.581. The summed E-state index contributed by atoms with van der Waals surface area (Å²) in [6.07, 6.45) is -8.68. The highest BCUT2D eigenvalue weighted by molar-refractivity contribution is 5.59. The highest BCUT2D eigenvalue weighted by atomic mass is 19.3. The number of nitrogens with one attached hydrogen (secondary N) is 1. The largest absolute Gasteiger partial charge is 0.461 e. The second-order valence-corrected chi connectivity index (χ2v) is 3.70. The average Bonchev–Trinajstić information content (AvgIpc) is 2.47. The molecule has 0 aliphatic carbocycles. The van der Waals surface area contributed by atoms with Crippen molar-refractivity contribution < 1.29 is 22.3 Å². The van der Waals surface area contributed by atoms with Crippen molar-refractivity contribution in [1.82, 2.24) is 0 Å². The SMILES string of the molecule is N#CC(C#N)=C(C#N)Nc1cccc(OC(F)(F)C(F)F)c1. The minimum atomic E-state index is -4.67. The summed E-state index contributed by atoms with van der Waals surface area (Å²) in [4.78, 5) is 0. The van der Waals surface area contributed by atoms with E-state index in [1.54, 1.807) is 6.07 Å². The van der Waals surface area contributed by atoms with Gasteiger partial charge in [0.05, 0.1) is 0 Å². The molecule has 0 saturated carbocycles. The third-order valence-electron chi connectivity index (χ3n) is 2.20. The Morgan fingerprint density at radius 2 is 1.77 bits per heavy atom. The normalized spacial score (nSPS) is 10.1. The first kappa shape index (κ1) is 16.8. The maximum atomic E-state index is 12.8. The Morgan fingerprint density at radius 3 is 2.27 bits per heavy atom. The van der Waals surface area contributed by atoms with Gasteiger partial charge in [-0.1, -0.05) is 6.07 Å². The van der Waals surface area contributed by atoms with Crippen LogP contribution >= 0.6 is 0 Å². The topological polar surface area (TPSA) is 92.6 Å². The molecule has 22 heavy (non-hydrogen) atoms. The van der Waals surface area contributed by atoms with Crippen molar-refractivity contribution in [1.29, 1.82) is 15.8 Å². The number of halogens is 4. The number of nitrogens with zero attached hydrogens (tertiary/aromatic N) is 3. The molecule has 0 aliphatic rings. The molecule has 5 nitrogen and oxygen atoms in total. The third-order valence-corrected chi connectivity index (χ3v) is 2.20. The number of allylic oxidation sites excluding steroid dienone is 2. The summed E-state index contributed by atoms with van der Waals surface area (Å²) < 4.78 is 53.6. The van der Waals surface area contributed by atoms with Gasteiger partial charge in [0.1, 0.15) is 29.7 Å². The van der Waals surface area contributed by atoms with Gasteiger partial charge in [-0.05, 0) is 12.1 Å². The van der Waals surface area contributed by atoms with Crippen molar-refractivity contribution in [2.75, 3.05) is 5.32 Å². The molecule has 1 N–H and O–H groups in total. The average molecular weight is 310 g/mol. The monoisotopic (exact) mass is 310 g/mol. The van der Waals surface area contributed by atoms with Crippen molar-refractivity contribution in [2.45, 2.75) is 12.5 Å². The van der Waals surface area contributed by atoms with Gasteiger partial charge in [0.25, 0.3) is 0 Å². The number of nitriles is 3. The molecule has 0 fully saturated rings. The van der Waals surface area contributed by atoms with Gasteiger partial charge in [-0.15, -0.1) is 0 Å². The molecule has 0 heterocycles. The van der Waals surface area contributed by atoms with E-state index in [-0.39, 0.29) is 5.69 Å². The molecule has 0 aromatic heterocycles. The summed E-state index contributed by atoms with van der Waals surface area (Å²) >= 11 is 0. The van der Waals surface area contributed by atoms with Gasteiger partial charge in [0.2, 0.25) is 0 Å². The predicted octanol–water partition coefficient (Wildman–Crippen LogP) is 3.16. The van der Waals surface area contributed by atoms with Crippen molar-refractivity contribution in [3.05, 3.63) is 35.5 Å². The van der Waals surface area contributed by atoms with Crippen LogP contribution in [0.15, 0.2) is 35.5 Å². The molecule has 1 rings (SSSR count). The van der Waals surface area contributed by atoms with Crippen LogP contribution in [-0.4, -0.2) is 12.5 Å². The van der Waals surface area contributed by atoms with Crippen LogP contribution in [0.25, 0.3) is 0 Å². The third kappa shape index (κ3) is 4.12. The van der Waals surface area contributed by atoms with E-state index in [2.05, 4.69) is 10.1 Å². The molecule has 0 unspecified atom stereocenters. The molecule has 112 valence electrons. The number of rotatable bonds is 5. The molecule has 0 amide bonds. The van der Waals surface area contributed by atoms with Crippen LogP contribution < -0.4 is 10.1 Å². The Balaban J connectivity index is 3.05. The second kappa shape index (κ2) is 6.96. The van der Waals surface area contributed by atoms with Crippen molar-refractivity contribution >= 4 is 5.69 Å². The second-order valence-electron chi connectivity index (χ2n) is 3.70. The number of hydrogen-bond donors (Lipinski definition) is 1. The van der Waals surface area contributed by atoms with E-state index in [9.17, 15) is 17.6 Å². The van der Waals surface area contributed by atoms with E-state index in [1.165, 1.54) is 24.3 Å². The fraction of sp³-hybridized carbons (Fsp3) is 0.154. The maximum absolute atomic E-state index is 12.8. The quantitative estimate of drug-likeness (QED) is 0.666. The van der Waals surface area contributed by atoms with Crippen molar-refractivity contribution in [2.24, 2.45) is 0 Å². The van der Waals surface area contributed by atoms with Crippen molar-refractivity contribution in [3.8, 4) is 24.0 Å². The molecular weight excluding hydrogens is 304 g/mol. The molecular formula is C13H6F4N4O. The highest BCUT2D eigenvalue weighted by Crippen LogP contribution is 2.29. The number of ether oxygens (including phenoxy) is 1. The standard InChI is InChI=1S/C13H6F4N4O/c14-12(15)13(16,17)22-10-3-1-2-9(4-10)21-11(7-20)8(5-18)6-19/h1-4,12,21H. The van der Waals surface area contributed by atoms with Gasteiger partial charge in [-0.3, -0.25) is 0 Å². The van der Waals surface area contributed by atoms with Crippen LogP contribution in [0.5, 0.6) is 5.75 Å². The lowest BCUT2D eigenvalue weighted by atomic mass is 10.2. The van der Waals surface area contributed by atoms with Gasteiger partial charge in [-0.25, -0.2) is 0 Å². The first-order valence-electron chi connectivity index (χ1n) is 5.50. The molecule has 0 saturated heterocycles. The van der Waals surface area contributed by atoms with E-state index in [4.69, 9.17) is 15.8 Å². The summed E-state index contributed by atoms with van der Waals surface area (Å²) in [5.41, 5.74) is -0.934. The molecule has 1 aromatic carbocycles. The first-order valence-corrected chi connectivity index (χ1v) is 5.50. The zero-order valence-electron chi connectivity index (χ0n) is 10.6. The smallest absolute Gasteiger partial charge is 0.428 e. The summed E-state index contributed by atoms with van der Waals surface area (Å²) in [6, 6.07) is 8.93.